The normalized spacial score (nSPS) is 18.0. The molecule has 1 amide bonds. The van der Waals surface area contributed by atoms with E-state index in [0.717, 1.165) is 38.9 Å². The second kappa shape index (κ2) is 6.35. The van der Waals surface area contributed by atoms with E-state index in [9.17, 15) is 4.79 Å². The van der Waals surface area contributed by atoms with E-state index in [1.807, 2.05) is 17.0 Å². The third kappa shape index (κ3) is 3.13. The Balaban J connectivity index is 1.59. The lowest BCUT2D eigenvalue weighted by molar-refractivity contribution is 0.0705. The van der Waals surface area contributed by atoms with E-state index < -0.39 is 0 Å². The number of carbonyl (C=O) groups excluding carboxylic acids is 1. The molecule has 5 nitrogen and oxygen atoms in total. The zero-order valence-corrected chi connectivity index (χ0v) is 12.4. The molecular weight excluding hydrogens is 268 g/mol. The molecule has 5 heteroatoms. The maximum atomic E-state index is 12.5. The van der Waals surface area contributed by atoms with Crippen molar-refractivity contribution >= 4 is 5.91 Å². The zero-order valence-electron chi connectivity index (χ0n) is 12.4. The lowest BCUT2D eigenvalue weighted by Gasteiger charge is -2.32. The molecule has 2 heterocycles. The van der Waals surface area contributed by atoms with Crippen LogP contribution in [-0.4, -0.2) is 43.3 Å². The first-order valence-corrected chi connectivity index (χ1v) is 7.70. The summed E-state index contributed by atoms with van der Waals surface area (Å²) in [6.07, 6.45) is 3.20. The summed E-state index contributed by atoms with van der Waals surface area (Å²) in [5.74, 6) is 1.47. The van der Waals surface area contributed by atoms with Crippen LogP contribution in [0, 0.1) is 0 Å². The molecule has 21 heavy (non-hydrogen) atoms. The van der Waals surface area contributed by atoms with Crippen LogP contribution >= 0.6 is 0 Å². The van der Waals surface area contributed by atoms with Crippen molar-refractivity contribution in [1.82, 2.24) is 10.2 Å². The first-order valence-electron chi connectivity index (χ1n) is 7.70. The Labute approximate surface area is 125 Å². The Hall–Kier alpha value is -1.75. The minimum Gasteiger partial charge on any atom is -0.454 e. The molecule has 0 saturated carbocycles. The topological polar surface area (TPSA) is 50.8 Å². The predicted octanol–water partition coefficient (Wildman–Crippen LogP) is 2.02. The molecule has 1 saturated heterocycles. The molecule has 3 rings (SSSR count). The van der Waals surface area contributed by atoms with Gasteiger partial charge < -0.3 is 19.7 Å². The molecular formula is C16H22N2O3. The van der Waals surface area contributed by atoms with E-state index in [0.29, 0.717) is 23.1 Å². The van der Waals surface area contributed by atoms with Crippen molar-refractivity contribution in [3.05, 3.63) is 23.8 Å². The zero-order chi connectivity index (χ0) is 14.7. The molecule has 2 aliphatic heterocycles. The van der Waals surface area contributed by atoms with Gasteiger partial charge in [0.2, 0.25) is 6.79 Å². The Morgan fingerprint density at radius 3 is 2.81 bits per heavy atom. The average Bonchev–Trinajstić information content (AvgIpc) is 3.00. The second-order valence-electron chi connectivity index (χ2n) is 5.59. The van der Waals surface area contributed by atoms with E-state index in [1.54, 1.807) is 6.07 Å². The van der Waals surface area contributed by atoms with Gasteiger partial charge in [-0.2, -0.15) is 0 Å². The molecule has 0 aromatic heterocycles. The van der Waals surface area contributed by atoms with Crippen LogP contribution in [0.15, 0.2) is 18.2 Å². The van der Waals surface area contributed by atoms with E-state index in [4.69, 9.17) is 9.47 Å². The number of benzene rings is 1. The van der Waals surface area contributed by atoms with Crippen LogP contribution in [0.3, 0.4) is 0 Å². The number of carbonyl (C=O) groups is 1. The fourth-order valence-electron chi connectivity index (χ4n) is 2.85. The quantitative estimate of drug-likeness (QED) is 0.921. The van der Waals surface area contributed by atoms with Crippen LogP contribution in [0.25, 0.3) is 0 Å². The van der Waals surface area contributed by atoms with E-state index in [2.05, 4.69) is 12.2 Å². The lowest BCUT2D eigenvalue weighted by Crippen LogP contribution is -2.45. The van der Waals surface area contributed by atoms with Gasteiger partial charge in [-0.3, -0.25) is 4.79 Å². The van der Waals surface area contributed by atoms with Crippen molar-refractivity contribution < 1.29 is 14.3 Å². The Morgan fingerprint density at radius 2 is 2.05 bits per heavy atom. The minimum absolute atomic E-state index is 0.0854. The van der Waals surface area contributed by atoms with Gasteiger partial charge >= 0.3 is 0 Å². The van der Waals surface area contributed by atoms with Gasteiger partial charge in [0, 0.05) is 24.7 Å². The number of likely N-dealkylation sites (tertiary alicyclic amines) is 1. The monoisotopic (exact) mass is 290 g/mol. The van der Waals surface area contributed by atoms with Gasteiger partial charge in [0.1, 0.15) is 0 Å². The predicted molar refractivity (Wildman–Crippen MR) is 79.8 cm³/mol. The van der Waals surface area contributed by atoms with Crippen molar-refractivity contribution in [1.29, 1.82) is 0 Å². The third-order valence-corrected chi connectivity index (χ3v) is 4.08. The minimum atomic E-state index is 0.0854. The van der Waals surface area contributed by atoms with E-state index >= 15 is 0 Å². The first kappa shape index (κ1) is 14.2. The molecule has 1 fully saturated rings. The molecule has 2 aliphatic rings. The highest BCUT2D eigenvalue weighted by Crippen LogP contribution is 2.33. The first-order chi connectivity index (χ1) is 10.3. The lowest BCUT2D eigenvalue weighted by atomic mass is 10.0. The standard InChI is InChI=1S/C16H22N2O3/c1-2-7-17-13-5-8-18(9-6-13)16(19)12-3-4-14-15(10-12)21-11-20-14/h3-4,10,13,17H,2,5-9,11H2,1H3. The van der Waals surface area contributed by atoms with Crippen LogP contribution in [0.4, 0.5) is 0 Å². The largest absolute Gasteiger partial charge is 0.454 e. The van der Waals surface area contributed by atoms with E-state index in [-0.39, 0.29) is 12.7 Å². The summed E-state index contributed by atoms with van der Waals surface area (Å²) in [6, 6.07) is 5.96. The number of ether oxygens (including phenoxy) is 2. The molecule has 0 aliphatic carbocycles. The molecule has 1 aromatic carbocycles. The molecule has 1 aromatic rings. The van der Waals surface area contributed by atoms with Gasteiger partial charge in [-0.05, 0) is 44.0 Å². The molecule has 1 N–H and O–H groups in total. The number of fused-ring (bicyclic) bond motifs is 1. The van der Waals surface area contributed by atoms with Gasteiger partial charge in [-0.15, -0.1) is 0 Å². The third-order valence-electron chi connectivity index (χ3n) is 4.08. The molecule has 0 spiro atoms. The van der Waals surface area contributed by atoms with Crippen molar-refractivity contribution in [2.24, 2.45) is 0 Å². The number of nitrogens with zero attached hydrogens (tertiary/aromatic N) is 1. The highest BCUT2D eigenvalue weighted by atomic mass is 16.7. The number of rotatable bonds is 4. The Bertz CT molecular complexity index is 510. The van der Waals surface area contributed by atoms with Crippen molar-refractivity contribution in [2.75, 3.05) is 26.4 Å². The maximum Gasteiger partial charge on any atom is 0.253 e. The molecule has 114 valence electrons. The Kier molecular flexibility index (Phi) is 4.29. The van der Waals surface area contributed by atoms with Gasteiger partial charge in [0.05, 0.1) is 0 Å². The molecule has 0 radical (unpaired) electrons. The van der Waals surface area contributed by atoms with Gasteiger partial charge in [-0.1, -0.05) is 6.92 Å². The average molecular weight is 290 g/mol. The molecule has 0 bridgehead atoms. The summed E-state index contributed by atoms with van der Waals surface area (Å²) in [5, 5.41) is 3.53. The van der Waals surface area contributed by atoms with Crippen LogP contribution in [0.5, 0.6) is 11.5 Å². The highest BCUT2D eigenvalue weighted by Gasteiger charge is 2.24. The number of hydrogen-bond donors (Lipinski definition) is 1. The SMILES string of the molecule is CCCNC1CCN(C(=O)c2ccc3c(c2)OCO3)CC1. The summed E-state index contributed by atoms with van der Waals surface area (Å²) in [7, 11) is 0. The number of nitrogens with one attached hydrogen (secondary N) is 1. The van der Waals surface area contributed by atoms with Crippen LogP contribution in [-0.2, 0) is 0 Å². The summed E-state index contributed by atoms with van der Waals surface area (Å²) < 4.78 is 10.6. The highest BCUT2D eigenvalue weighted by molar-refractivity contribution is 5.95. The Morgan fingerprint density at radius 1 is 1.29 bits per heavy atom. The van der Waals surface area contributed by atoms with Crippen LogP contribution in [0.1, 0.15) is 36.5 Å². The van der Waals surface area contributed by atoms with Gasteiger partial charge in [0.15, 0.2) is 11.5 Å². The smallest absolute Gasteiger partial charge is 0.253 e. The fourth-order valence-corrected chi connectivity index (χ4v) is 2.85. The number of hydrogen-bond acceptors (Lipinski definition) is 4. The fraction of sp³-hybridized carbons (Fsp3) is 0.562. The second-order valence-corrected chi connectivity index (χ2v) is 5.59. The van der Waals surface area contributed by atoms with E-state index in [1.165, 1.54) is 0 Å². The van der Waals surface area contributed by atoms with Crippen LogP contribution in [0.2, 0.25) is 0 Å². The summed E-state index contributed by atoms with van der Waals surface area (Å²) >= 11 is 0. The number of amides is 1. The van der Waals surface area contributed by atoms with Gasteiger partial charge in [0.25, 0.3) is 5.91 Å². The summed E-state index contributed by atoms with van der Waals surface area (Å²) in [5.41, 5.74) is 0.680. The van der Waals surface area contributed by atoms with Gasteiger partial charge in [-0.25, -0.2) is 0 Å². The molecule has 0 unspecified atom stereocenters. The van der Waals surface area contributed by atoms with Crippen molar-refractivity contribution in [3.8, 4) is 11.5 Å². The van der Waals surface area contributed by atoms with Crippen molar-refractivity contribution in [2.45, 2.75) is 32.2 Å². The van der Waals surface area contributed by atoms with Crippen molar-refractivity contribution in [3.63, 3.8) is 0 Å². The summed E-state index contributed by atoms with van der Waals surface area (Å²) in [6.45, 7) is 5.09. The molecule has 0 atom stereocenters. The van der Waals surface area contributed by atoms with Crippen LogP contribution < -0.4 is 14.8 Å². The summed E-state index contributed by atoms with van der Waals surface area (Å²) in [4.78, 5) is 14.5. The number of piperidine rings is 1. The maximum absolute atomic E-state index is 12.5.